The lowest BCUT2D eigenvalue weighted by atomic mass is 10.1. The zero-order chi connectivity index (χ0) is 13.0. The lowest BCUT2D eigenvalue weighted by Crippen LogP contribution is -2.32. The van der Waals surface area contributed by atoms with Gasteiger partial charge in [-0.05, 0) is 25.5 Å². The van der Waals surface area contributed by atoms with Gasteiger partial charge in [-0.25, -0.2) is 4.39 Å². The van der Waals surface area contributed by atoms with Crippen molar-refractivity contribution in [1.82, 2.24) is 4.90 Å². The van der Waals surface area contributed by atoms with Crippen molar-refractivity contribution >= 4 is 5.69 Å². The number of rotatable bonds is 5. The fraction of sp³-hybridized carbons (Fsp3) is 0.571. The van der Waals surface area contributed by atoms with E-state index in [-0.39, 0.29) is 11.5 Å². The van der Waals surface area contributed by atoms with Gasteiger partial charge in [0.15, 0.2) is 5.82 Å². The van der Waals surface area contributed by atoms with Crippen LogP contribution in [0, 0.1) is 5.82 Å². The maximum Gasteiger partial charge on any atom is 0.150 e. The SMILES string of the molecule is CCN(Cc1cccc(N)c1F)CC1CCCO1. The number of anilines is 1. The molecule has 2 N–H and O–H groups in total. The van der Waals surface area contributed by atoms with Crippen molar-refractivity contribution in [1.29, 1.82) is 0 Å². The molecule has 0 spiro atoms. The maximum absolute atomic E-state index is 13.8. The molecule has 2 rings (SSSR count). The molecule has 1 heterocycles. The average molecular weight is 252 g/mol. The van der Waals surface area contributed by atoms with Crippen molar-refractivity contribution in [3.63, 3.8) is 0 Å². The number of benzene rings is 1. The first kappa shape index (κ1) is 13.3. The smallest absolute Gasteiger partial charge is 0.150 e. The molecular weight excluding hydrogens is 231 g/mol. The predicted octanol–water partition coefficient (Wildman–Crippen LogP) is 2.41. The van der Waals surface area contributed by atoms with Crippen LogP contribution in [0.2, 0.25) is 0 Å². The third kappa shape index (κ3) is 3.21. The summed E-state index contributed by atoms with van der Waals surface area (Å²) in [5.74, 6) is -0.289. The molecule has 100 valence electrons. The van der Waals surface area contributed by atoms with Gasteiger partial charge in [-0.1, -0.05) is 19.1 Å². The lowest BCUT2D eigenvalue weighted by Gasteiger charge is -2.24. The molecule has 1 aromatic rings. The molecule has 0 amide bonds. The first-order valence-corrected chi connectivity index (χ1v) is 6.57. The van der Waals surface area contributed by atoms with Crippen molar-refractivity contribution in [3.8, 4) is 0 Å². The van der Waals surface area contributed by atoms with E-state index in [0.717, 1.165) is 32.5 Å². The summed E-state index contributed by atoms with van der Waals surface area (Å²) < 4.78 is 19.4. The third-order valence-electron chi connectivity index (χ3n) is 3.44. The Hall–Kier alpha value is -1.13. The Morgan fingerprint density at radius 2 is 2.33 bits per heavy atom. The molecule has 3 nitrogen and oxygen atoms in total. The van der Waals surface area contributed by atoms with Gasteiger partial charge >= 0.3 is 0 Å². The first-order valence-electron chi connectivity index (χ1n) is 6.57. The molecular formula is C14H21FN2O. The van der Waals surface area contributed by atoms with E-state index in [1.807, 2.05) is 0 Å². The van der Waals surface area contributed by atoms with Crippen LogP contribution in [0.1, 0.15) is 25.3 Å². The Labute approximate surface area is 108 Å². The second kappa shape index (κ2) is 6.16. The Bertz CT molecular complexity index is 391. The first-order chi connectivity index (χ1) is 8.70. The summed E-state index contributed by atoms with van der Waals surface area (Å²) >= 11 is 0. The number of hydrogen-bond acceptors (Lipinski definition) is 3. The van der Waals surface area contributed by atoms with Crippen molar-refractivity contribution < 1.29 is 9.13 Å². The topological polar surface area (TPSA) is 38.5 Å². The predicted molar refractivity (Wildman–Crippen MR) is 70.7 cm³/mol. The summed E-state index contributed by atoms with van der Waals surface area (Å²) in [6, 6.07) is 5.19. The van der Waals surface area contributed by atoms with Crippen molar-refractivity contribution in [2.24, 2.45) is 0 Å². The molecule has 0 radical (unpaired) electrons. The van der Waals surface area contributed by atoms with Gasteiger partial charge in [0, 0.05) is 25.3 Å². The highest BCUT2D eigenvalue weighted by molar-refractivity contribution is 5.42. The van der Waals surface area contributed by atoms with Crippen LogP contribution < -0.4 is 5.73 Å². The second-order valence-electron chi connectivity index (χ2n) is 4.78. The highest BCUT2D eigenvalue weighted by atomic mass is 19.1. The Morgan fingerprint density at radius 3 is 3.00 bits per heavy atom. The fourth-order valence-corrected chi connectivity index (χ4v) is 2.34. The number of nitrogen functional groups attached to an aromatic ring is 1. The quantitative estimate of drug-likeness (QED) is 0.818. The minimum atomic E-state index is -0.289. The Kier molecular flexibility index (Phi) is 4.55. The molecule has 1 fully saturated rings. The van der Waals surface area contributed by atoms with Crippen LogP contribution >= 0.6 is 0 Å². The molecule has 1 aliphatic heterocycles. The zero-order valence-corrected chi connectivity index (χ0v) is 10.9. The molecule has 0 saturated carbocycles. The van der Waals surface area contributed by atoms with Crippen LogP contribution in [0.15, 0.2) is 18.2 Å². The van der Waals surface area contributed by atoms with E-state index in [4.69, 9.17) is 10.5 Å². The van der Waals surface area contributed by atoms with E-state index in [1.165, 1.54) is 0 Å². The minimum Gasteiger partial charge on any atom is -0.396 e. The van der Waals surface area contributed by atoms with Crippen LogP contribution in [0.4, 0.5) is 10.1 Å². The Balaban J connectivity index is 1.98. The summed E-state index contributed by atoms with van der Waals surface area (Å²) in [4.78, 5) is 2.20. The molecule has 0 aromatic heterocycles. The average Bonchev–Trinajstić information content (AvgIpc) is 2.86. The molecule has 0 bridgehead atoms. The van der Waals surface area contributed by atoms with Crippen LogP contribution in [0.5, 0.6) is 0 Å². The molecule has 1 aliphatic rings. The number of hydrogen-bond donors (Lipinski definition) is 1. The number of halogens is 1. The standard InChI is InChI=1S/C14H21FN2O/c1-2-17(10-12-6-4-8-18-12)9-11-5-3-7-13(16)14(11)15/h3,5,7,12H,2,4,6,8-10,16H2,1H3. The van der Waals surface area contributed by atoms with Crippen LogP contribution in [0.25, 0.3) is 0 Å². The highest BCUT2D eigenvalue weighted by Crippen LogP contribution is 2.18. The van der Waals surface area contributed by atoms with E-state index in [1.54, 1.807) is 18.2 Å². The molecule has 18 heavy (non-hydrogen) atoms. The van der Waals surface area contributed by atoms with Gasteiger partial charge in [-0.15, -0.1) is 0 Å². The Morgan fingerprint density at radius 1 is 1.50 bits per heavy atom. The van der Waals surface area contributed by atoms with Gasteiger partial charge in [0.25, 0.3) is 0 Å². The van der Waals surface area contributed by atoms with Gasteiger partial charge in [-0.2, -0.15) is 0 Å². The van der Waals surface area contributed by atoms with E-state index < -0.39 is 0 Å². The molecule has 4 heteroatoms. The molecule has 0 aliphatic carbocycles. The molecule has 1 atom stereocenters. The molecule has 1 saturated heterocycles. The van der Waals surface area contributed by atoms with Gasteiger partial charge in [0.1, 0.15) is 0 Å². The second-order valence-corrected chi connectivity index (χ2v) is 4.78. The highest BCUT2D eigenvalue weighted by Gasteiger charge is 2.19. The van der Waals surface area contributed by atoms with Crippen molar-refractivity contribution in [2.75, 3.05) is 25.4 Å². The largest absolute Gasteiger partial charge is 0.396 e. The molecule has 1 unspecified atom stereocenters. The van der Waals surface area contributed by atoms with Crippen LogP contribution in [-0.4, -0.2) is 30.7 Å². The van der Waals surface area contributed by atoms with Crippen LogP contribution in [0.3, 0.4) is 0 Å². The monoisotopic (exact) mass is 252 g/mol. The van der Waals surface area contributed by atoms with E-state index >= 15 is 0 Å². The summed E-state index contributed by atoms with van der Waals surface area (Å²) in [6.07, 6.45) is 2.54. The van der Waals surface area contributed by atoms with E-state index in [2.05, 4.69) is 11.8 Å². The molecule has 1 aromatic carbocycles. The van der Waals surface area contributed by atoms with Gasteiger partial charge < -0.3 is 10.5 Å². The normalized spacial score (nSPS) is 19.6. The number of likely N-dealkylation sites (N-methyl/N-ethyl adjacent to an activating group) is 1. The summed E-state index contributed by atoms with van der Waals surface area (Å²) in [5, 5.41) is 0. The minimum absolute atomic E-state index is 0.223. The van der Waals surface area contributed by atoms with E-state index in [0.29, 0.717) is 18.2 Å². The van der Waals surface area contributed by atoms with Gasteiger partial charge in [0.05, 0.1) is 11.8 Å². The number of nitrogens with two attached hydrogens (primary N) is 1. The van der Waals surface area contributed by atoms with Crippen LogP contribution in [-0.2, 0) is 11.3 Å². The summed E-state index contributed by atoms with van der Waals surface area (Å²) in [5.41, 5.74) is 6.47. The fourth-order valence-electron chi connectivity index (χ4n) is 2.34. The third-order valence-corrected chi connectivity index (χ3v) is 3.44. The van der Waals surface area contributed by atoms with Crippen molar-refractivity contribution in [3.05, 3.63) is 29.6 Å². The summed E-state index contributed by atoms with van der Waals surface area (Å²) in [7, 11) is 0. The number of nitrogens with zero attached hydrogens (tertiary/aromatic N) is 1. The lowest BCUT2D eigenvalue weighted by molar-refractivity contribution is 0.0721. The van der Waals surface area contributed by atoms with Crippen molar-refractivity contribution in [2.45, 2.75) is 32.4 Å². The van der Waals surface area contributed by atoms with Gasteiger partial charge in [0.2, 0.25) is 0 Å². The van der Waals surface area contributed by atoms with Gasteiger partial charge in [-0.3, -0.25) is 4.90 Å². The maximum atomic E-state index is 13.8. The summed E-state index contributed by atoms with van der Waals surface area (Å²) in [6.45, 7) is 5.28. The zero-order valence-electron chi connectivity index (χ0n) is 10.9. The van der Waals surface area contributed by atoms with E-state index in [9.17, 15) is 4.39 Å². The number of ether oxygens (including phenoxy) is 1.